The lowest BCUT2D eigenvalue weighted by Gasteiger charge is -2.34. The molecule has 1 aromatic heterocycles. The van der Waals surface area contributed by atoms with Crippen LogP contribution < -0.4 is 4.90 Å². The molecule has 1 radical (unpaired) electrons. The van der Waals surface area contributed by atoms with E-state index in [1.165, 1.54) is 12.3 Å². The van der Waals surface area contributed by atoms with Crippen LogP contribution in [0.1, 0.15) is 5.56 Å². The zero-order valence-corrected chi connectivity index (χ0v) is 17.1. The second-order valence-electron chi connectivity index (χ2n) is 7.30. The lowest BCUT2D eigenvalue weighted by Crippen LogP contribution is -2.44. The maximum atomic E-state index is 14.4. The number of hydrogen-bond acceptors (Lipinski definition) is 4. The highest BCUT2D eigenvalue weighted by Gasteiger charge is 2.24. The number of rotatable bonds is 4. The van der Waals surface area contributed by atoms with Gasteiger partial charge in [0.05, 0.1) is 10.6 Å². The predicted octanol–water partition coefficient (Wildman–Crippen LogP) is 3.47. The van der Waals surface area contributed by atoms with Gasteiger partial charge >= 0.3 is 0 Å². The molecule has 0 N–H and O–H groups in total. The van der Waals surface area contributed by atoms with Crippen molar-refractivity contribution >= 4 is 15.7 Å². The Morgan fingerprint density at radius 1 is 0.966 bits per heavy atom. The lowest BCUT2D eigenvalue weighted by atomic mass is 10.1. The second kappa shape index (κ2) is 7.65. The molecule has 0 spiro atoms. The summed E-state index contributed by atoms with van der Waals surface area (Å²) in [5.41, 5.74) is 1.86. The molecule has 0 saturated carbocycles. The summed E-state index contributed by atoms with van der Waals surface area (Å²) in [6.45, 7) is 7.38. The van der Waals surface area contributed by atoms with Gasteiger partial charge in [-0.1, -0.05) is 18.2 Å². The van der Waals surface area contributed by atoms with E-state index in [1.807, 2.05) is 6.07 Å². The summed E-state index contributed by atoms with van der Waals surface area (Å²) in [5.74, 6) is -0.478. The third-order valence-electron chi connectivity index (χ3n) is 5.24. The van der Waals surface area contributed by atoms with E-state index in [0.717, 1.165) is 35.8 Å². The van der Waals surface area contributed by atoms with Crippen LogP contribution in [0.3, 0.4) is 0 Å². The third kappa shape index (κ3) is 3.80. The van der Waals surface area contributed by atoms with Crippen molar-refractivity contribution in [1.82, 2.24) is 8.87 Å². The summed E-state index contributed by atoms with van der Waals surface area (Å²) in [6, 6.07) is 14.7. The molecule has 1 aliphatic heterocycles. The third-order valence-corrected chi connectivity index (χ3v) is 6.90. The van der Waals surface area contributed by atoms with Crippen molar-refractivity contribution in [2.45, 2.75) is 4.90 Å². The van der Waals surface area contributed by atoms with Crippen molar-refractivity contribution in [1.29, 1.82) is 0 Å². The molecule has 5 nitrogen and oxygen atoms in total. The van der Waals surface area contributed by atoms with Gasteiger partial charge in [0, 0.05) is 43.6 Å². The molecule has 3 aromatic rings. The highest BCUT2D eigenvalue weighted by atomic mass is 32.2. The zero-order chi connectivity index (χ0) is 20.6. The van der Waals surface area contributed by atoms with Crippen molar-refractivity contribution in [2.24, 2.45) is 0 Å². The molecular formula is C22H23FN3O2S. The molecule has 1 aliphatic rings. The first-order valence-corrected chi connectivity index (χ1v) is 10.9. The van der Waals surface area contributed by atoms with Crippen molar-refractivity contribution in [3.8, 4) is 11.3 Å². The topological polar surface area (TPSA) is 45.6 Å². The van der Waals surface area contributed by atoms with Crippen LogP contribution in [0.4, 0.5) is 10.1 Å². The molecule has 7 heteroatoms. The summed E-state index contributed by atoms with van der Waals surface area (Å²) in [6.07, 6.45) is 1.43. The number of halogens is 1. The van der Waals surface area contributed by atoms with Gasteiger partial charge in [0.1, 0.15) is 5.82 Å². The summed E-state index contributed by atoms with van der Waals surface area (Å²) in [5, 5.41) is 0. The highest BCUT2D eigenvalue weighted by Crippen LogP contribution is 2.30. The molecule has 0 aliphatic carbocycles. The van der Waals surface area contributed by atoms with Crippen molar-refractivity contribution in [2.75, 3.05) is 38.1 Å². The number of likely N-dealkylation sites (N-methyl/N-ethyl adjacent to an activating group) is 1. The first kappa shape index (κ1) is 19.7. The van der Waals surface area contributed by atoms with E-state index in [2.05, 4.69) is 23.8 Å². The number of hydrogen-bond donors (Lipinski definition) is 0. The first-order chi connectivity index (χ1) is 13.9. The Morgan fingerprint density at radius 2 is 1.69 bits per heavy atom. The van der Waals surface area contributed by atoms with E-state index in [0.29, 0.717) is 5.56 Å². The normalized spacial score (nSPS) is 15.6. The SMILES string of the molecule is [CH2]c1cc(-c2ccccc2F)n(S(=O)(=O)c2cccc(N3CCN(C)CC3)c2)c1. The predicted molar refractivity (Wildman–Crippen MR) is 113 cm³/mol. The van der Waals surface area contributed by atoms with E-state index in [4.69, 9.17) is 0 Å². The van der Waals surface area contributed by atoms with E-state index in [1.54, 1.807) is 42.5 Å². The number of anilines is 1. The number of benzene rings is 2. The van der Waals surface area contributed by atoms with Crippen molar-refractivity contribution in [3.63, 3.8) is 0 Å². The average Bonchev–Trinajstić information content (AvgIpc) is 3.11. The minimum absolute atomic E-state index is 0.169. The Labute approximate surface area is 171 Å². The molecule has 151 valence electrons. The molecule has 2 aromatic carbocycles. The molecule has 1 fully saturated rings. The largest absolute Gasteiger partial charge is 0.369 e. The number of aromatic nitrogens is 1. The summed E-state index contributed by atoms with van der Waals surface area (Å²) in [4.78, 5) is 4.59. The van der Waals surface area contributed by atoms with Gasteiger partial charge in [-0.05, 0) is 55.9 Å². The lowest BCUT2D eigenvalue weighted by molar-refractivity contribution is 0.313. The van der Waals surface area contributed by atoms with Crippen LogP contribution in [0.2, 0.25) is 0 Å². The Morgan fingerprint density at radius 3 is 2.41 bits per heavy atom. The van der Waals surface area contributed by atoms with Crippen molar-refractivity contribution in [3.05, 3.63) is 79.1 Å². The molecule has 29 heavy (non-hydrogen) atoms. The zero-order valence-electron chi connectivity index (χ0n) is 16.3. The van der Waals surface area contributed by atoms with E-state index >= 15 is 0 Å². The summed E-state index contributed by atoms with van der Waals surface area (Å²) < 4.78 is 42.3. The molecule has 0 unspecified atom stereocenters. The van der Waals surface area contributed by atoms with Gasteiger partial charge < -0.3 is 9.80 Å². The maximum absolute atomic E-state index is 14.4. The van der Waals surface area contributed by atoms with Crippen LogP contribution in [0.15, 0.2) is 65.7 Å². The van der Waals surface area contributed by atoms with Gasteiger partial charge in [0.2, 0.25) is 0 Å². The van der Waals surface area contributed by atoms with Crippen LogP contribution in [-0.4, -0.2) is 50.5 Å². The molecule has 1 saturated heterocycles. The van der Waals surface area contributed by atoms with E-state index in [9.17, 15) is 12.8 Å². The van der Waals surface area contributed by atoms with E-state index in [-0.39, 0.29) is 16.2 Å². The van der Waals surface area contributed by atoms with Gasteiger partial charge in [-0.3, -0.25) is 0 Å². The van der Waals surface area contributed by atoms with Gasteiger partial charge in [0.25, 0.3) is 10.0 Å². The van der Waals surface area contributed by atoms with Gasteiger partial charge in [0.15, 0.2) is 0 Å². The average molecular weight is 413 g/mol. The monoisotopic (exact) mass is 412 g/mol. The minimum atomic E-state index is -3.91. The fourth-order valence-corrected chi connectivity index (χ4v) is 5.01. The van der Waals surface area contributed by atoms with Crippen LogP contribution in [-0.2, 0) is 10.0 Å². The Hall–Kier alpha value is -2.64. The van der Waals surface area contributed by atoms with Gasteiger partial charge in [-0.2, -0.15) is 0 Å². The summed E-state index contributed by atoms with van der Waals surface area (Å²) in [7, 11) is -1.84. The molecule has 0 bridgehead atoms. The standard InChI is InChI=1S/C22H23FN3O2S/c1-17-14-22(20-8-3-4-9-21(20)23)26(16-17)29(27,28)19-7-5-6-18(15-19)25-12-10-24(2)11-13-25/h3-9,14-16H,1,10-13H2,2H3. The quantitative estimate of drug-likeness (QED) is 0.658. The molecule has 0 amide bonds. The highest BCUT2D eigenvalue weighted by molar-refractivity contribution is 7.90. The maximum Gasteiger partial charge on any atom is 0.268 e. The van der Waals surface area contributed by atoms with Gasteiger partial charge in [-0.25, -0.2) is 16.8 Å². The molecule has 0 atom stereocenters. The van der Waals surface area contributed by atoms with Crippen LogP contribution in [0, 0.1) is 12.7 Å². The number of piperazine rings is 1. The summed E-state index contributed by atoms with van der Waals surface area (Å²) >= 11 is 0. The first-order valence-electron chi connectivity index (χ1n) is 9.44. The Kier molecular flexibility index (Phi) is 5.19. The minimum Gasteiger partial charge on any atom is -0.369 e. The van der Waals surface area contributed by atoms with Crippen LogP contribution in [0.25, 0.3) is 11.3 Å². The smallest absolute Gasteiger partial charge is 0.268 e. The Bertz CT molecular complexity index is 1130. The fourth-order valence-electron chi connectivity index (χ4n) is 3.58. The molecule has 4 rings (SSSR count). The molecular weight excluding hydrogens is 389 g/mol. The Balaban J connectivity index is 1.75. The van der Waals surface area contributed by atoms with Crippen molar-refractivity contribution < 1.29 is 12.8 Å². The fraction of sp³-hybridized carbons (Fsp3) is 0.227. The second-order valence-corrected chi connectivity index (χ2v) is 9.12. The van der Waals surface area contributed by atoms with E-state index < -0.39 is 15.8 Å². The number of nitrogens with zero attached hydrogens (tertiary/aromatic N) is 3. The van der Waals surface area contributed by atoms with Crippen LogP contribution in [0.5, 0.6) is 0 Å². The van der Waals surface area contributed by atoms with Gasteiger partial charge in [-0.15, -0.1) is 0 Å². The van der Waals surface area contributed by atoms with Crippen LogP contribution >= 0.6 is 0 Å². The molecule has 2 heterocycles.